The molecule has 2 aromatic carbocycles. The third kappa shape index (κ3) is 2.78. The zero-order valence-electron chi connectivity index (χ0n) is 14.2. The van der Waals surface area contributed by atoms with Crippen LogP contribution < -0.4 is 0 Å². The zero-order valence-corrected chi connectivity index (χ0v) is 15.1. The van der Waals surface area contributed by atoms with Gasteiger partial charge in [0.25, 0.3) is 0 Å². The Morgan fingerprint density at radius 1 is 0.692 bits per heavy atom. The highest BCUT2D eigenvalue weighted by Crippen LogP contribution is 2.47. The van der Waals surface area contributed by atoms with Gasteiger partial charge in [-0.3, -0.25) is 0 Å². The fourth-order valence-corrected chi connectivity index (χ4v) is 4.19. The van der Waals surface area contributed by atoms with E-state index in [9.17, 15) is 0 Å². The van der Waals surface area contributed by atoms with Crippen LogP contribution in [0, 0.1) is 0 Å². The van der Waals surface area contributed by atoms with Crippen LogP contribution in [0.2, 0.25) is 0 Å². The van der Waals surface area contributed by atoms with E-state index in [1.807, 2.05) is 60.7 Å². The predicted molar refractivity (Wildman–Crippen MR) is 98.4 cm³/mol. The summed E-state index contributed by atoms with van der Waals surface area (Å²) < 4.78 is 25.0. The molecule has 0 radical (unpaired) electrons. The number of fused-ring (bicyclic) bond motifs is 3. The summed E-state index contributed by atoms with van der Waals surface area (Å²) in [4.78, 5) is 2.17. The van der Waals surface area contributed by atoms with Crippen LogP contribution in [0.15, 0.2) is 60.7 Å². The number of hydrogen-bond acceptors (Lipinski definition) is 6. The van der Waals surface area contributed by atoms with Crippen LogP contribution in [-0.2, 0) is 18.9 Å². The van der Waals surface area contributed by atoms with Crippen LogP contribution in [0.25, 0.3) is 0 Å². The molecule has 6 heteroatoms. The molecule has 2 aromatic rings. The summed E-state index contributed by atoms with van der Waals surface area (Å²) in [5, 5.41) is 0. The predicted octanol–water partition coefficient (Wildman–Crippen LogP) is 3.11. The smallest absolute Gasteiger partial charge is 0.186 e. The summed E-state index contributed by atoms with van der Waals surface area (Å²) in [7, 11) is 0. The molecule has 5 nitrogen and oxygen atoms in total. The lowest BCUT2D eigenvalue weighted by Crippen LogP contribution is -2.40. The van der Waals surface area contributed by atoms with E-state index in [1.165, 1.54) is 0 Å². The monoisotopic (exact) mass is 371 g/mol. The van der Waals surface area contributed by atoms with Crippen LogP contribution >= 0.6 is 12.6 Å². The Balaban J connectivity index is 1.39. The molecule has 0 spiro atoms. The molecule has 5 rings (SSSR count). The van der Waals surface area contributed by atoms with Crippen molar-refractivity contribution in [1.29, 1.82) is 0 Å². The van der Waals surface area contributed by atoms with E-state index in [4.69, 9.17) is 18.9 Å². The lowest BCUT2D eigenvalue weighted by atomic mass is 10.2. The molecule has 3 aliphatic heterocycles. The number of hydrogen-bond donors (Lipinski definition) is 1. The van der Waals surface area contributed by atoms with E-state index in [-0.39, 0.29) is 37.2 Å². The second-order valence-electron chi connectivity index (χ2n) is 6.70. The molecule has 0 bridgehead atoms. The number of ether oxygens (including phenoxy) is 4. The van der Waals surface area contributed by atoms with Crippen LogP contribution in [0.3, 0.4) is 0 Å². The van der Waals surface area contributed by atoms with Crippen molar-refractivity contribution >= 4 is 12.6 Å². The van der Waals surface area contributed by atoms with Gasteiger partial charge in [0.1, 0.15) is 24.7 Å². The Morgan fingerprint density at radius 3 is 1.58 bits per heavy atom. The lowest BCUT2D eigenvalue weighted by molar-refractivity contribution is -0.151. The van der Waals surface area contributed by atoms with Gasteiger partial charge in [-0.05, 0) is 0 Å². The largest absolute Gasteiger partial charge is 0.338 e. The maximum atomic E-state index is 6.25. The van der Waals surface area contributed by atoms with Gasteiger partial charge in [-0.2, -0.15) is 12.6 Å². The standard InChI is InChI=1S/C20H21NO4S/c26-12-11-21-17-15(22-19(24-17)13-7-3-1-4-8-13)16-18(21)25-20(23-16)14-9-5-2-6-10-14/h1-10,15-20,26H,11-12H2/t15-,16-,17-,18-,19?,20?/m0/s1. The van der Waals surface area contributed by atoms with Crippen molar-refractivity contribution in [2.75, 3.05) is 12.3 Å². The third-order valence-electron chi connectivity index (χ3n) is 5.13. The van der Waals surface area contributed by atoms with Crippen LogP contribution in [-0.4, -0.2) is 41.9 Å². The highest BCUT2D eigenvalue weighted by molar-refractivity contribution is 7.80. The maximum Gasteiger partial charge on any atom is 0.186 e. The topological polar surface area (TPSA) is 40.2 Å². The first-order valence-corrected chi connectivity index (χ1v) is 9.57. The van der Waals surface area contributed by atoms with Crippen LogP contribution in [0.4, 0.5) is 0 Å². The highest BCUT2D eigenvalue weighted by atomic mass is 32.1. The lowest BCUT2D eigenvalue weighted by Gasteiger charge is -2.27. The molecular formula is C20H21NO4S. The minimum atomic E-state index is -0.381. The molecule has 136 valence electrons. The molecule has 3 heterocycles. The van der Waals surface area contributed by atoms with E-state index >= 15 is 0 Å². The van der Waals surface area contributed by atoms with Crippen molar-refractivity contribution in [3.63, 3.8) is 0 Å². The van der Waals surface area contributed by atoms with Crippen molar-refractivity contribution in [3.8, 4) is 0 Å². The van der Waals surface area contributed by atoms with Gasteiger partial charge in [-0.25, -0.2) is 4.90 Å². The summed E-state index contributed by atoms with van der Waals surface area (Å²) in [5.74, 6) is 0.713. The van der Waals surface area contributed by atoms with Crippen molar-refractivity contribution in [2.24, 2.45) is 0 Å². The molecule has 0 aliphatic carbocycles. The summed E-state index contributed by atoms with van der Waals surface area (Å²) in [5.41, 5.74) is 2.03. The van der Waals surface area contributed by atoms with Gasteiger partial charge in [0.15, 0.2) is 12.6 Å². The van der Waals surface area contributed by atoms with Crippen molar-refractivity contribution < 1.29 is 18.9 Å². The Labute approximate surface area is 158 Å². The molecule has 3 fully saturated rings. The summed E-state index contributed by atoms with van der Waals surface area (Å²) >= 11 is 4.40. The van der Waals surface area contributed by atoms with E-state index < -0.39 is 0 Å². The maximum absolute atomic E-state index is 6.25. The summed E-state index contributed by atoms with van der Waals surface area (Å²) in [6.07, 6.45) is -1.49. The molecular weight excluding hydrogens is 350 g/mol. The Morgan fingerprint density at radius 2 is 1.15 bits per heavy atom. The van der Waals surface area contributed by atoms with E-state index in [0.29, 0.717) is 5.75 Å². The van der Waals surface area contributed by atoms with Gasteiger partial charge in [-0.1, -0.05) is 60.7 Å². The van der Waals surface area contributed by atoms with Crippen molar-refractivity contribution in [3.05, 3.63) is 71.8 Å². The van der Waals surface area contributed by atoms with Crippen LogP contribution in [0.1, 0.15) is 23.7 Å². The second kappa shape index (κ2) is 6.96. The zero-order chi connectivity index (χ0) is 17.5. The van der Waals surface area contributed by atoms with Crippen molar-refractivity contribution in [1.82, 2.24) is 4.90 Å². The quantitative estimate of drug-likeness (QED) is 0.837. The molecule has 26 heavy (non-hydrogen) atoms. The van der Waals surface area contributed by atoms with Gasteiger partial charge in [-0.15, -0.1) is 0 Å². The summed E-state index contributed by atoms with van der Waals surface area (Å²) in [6, 6.07) is 20.0. The van der Waals surface area contributed by atoms with Gasteiger partial charge in [0.2, 0.25) is 0 Å². The van der Waals surface area contributed by atoms with Gasteiger partial charge in [0.05, 0.1) is 0 Å². The second-order valence-corrected chi connectivity index (χ2v) is 7.15. The Bertz CT molecular complexity index is 684. The fourth-order valence-electron chi connectivity index (χ4n) is 3.95. The van der Waals surface area contributed by atoms with Gasteiger partial charge in [0, 0.05) is 23.4 Å². The van der Waals surface area contributed by atoms with Crippen LogP contribution in [0.5, 0.6) is 0 Å². The first kappa shape index (κ1) is 16.7. The molecule has 0 saturated carbocycles. The first-order chi connectivity index (χ1) is 12.8. The minimum absolute atomic E-state index is 0.181. The number of likely N-dealkylation sites (tertiary alicyclic amines) is 1. The Kier molecular flexibility index (Phi) is 4.48. The molecule has 6 atom stereocenters. The van der Waals surface area contributed by atoms with Gasteiger partial charge >= 0.3 is 0 Å². The fraction of sp³-hybridized carbons (Fsp3) is 0.400. The summed E-state index contributed by atoms with van der Waals surface area (Å²) in [6.45, 7) is 0.751. The Hall–Kier alpha value is -1.41. The minimum Gasteiger partial charge on any atom is -0.338 e. The third-order valence-corrected chi connectivity index (χ3v) is 5.33. The van der Waals surface area contributed by atoms with E-state index in [2.05, 4.69) is 17.5 Å². The number of rotatable bonds is 4. The first-order valence-electron chi connectivity index (χ1n) is 8.93. The highest BCUT2D eigenvalue weighted by Gasteiger charge is 2.60. The molecule has 2 unspecified atom stereocenters. The SMILES string of the molecule is SCCN1[C@H]2OC(c3ccccc3)O[C@H]2[C@@H]2OC(c3ccccc3)O[C@@H]21. The van der Waals surface area contributed by atoms with E-state index in [0.717, 1.165) is 17.7 Å². The molecule has 0 N–H and O–H groups in total. The molecule has 3 saturated heterocycles. The number of thiol groups is 1. The molecule has 0 amide bonds. The molecule has 0 aromatic heterocycles. The van der Waals surface area contributed by atoms with E-state index in [1.54, 1.807) is 0 Å². The normalized spacial score (nSPS) is 36.2. The number of benzene rings is 2. The average Bonchev–Trinajstić information content (AvgIpc) is 3.37. The van der Waals surface area contributed by atoms with Crippen molar-refractivity contribution in [2.45, 2.75) is 37.2 Å². The average molecular weight is 371 g/mol. The van der Waals surface area contributed by atoms with Gasteiger partial charge < -0.3 is 18.9 Å². The molecule has 3 aliphatic rings. The number of nitrogens with zero attached hydrogens (tertiary/aromatic N) is 1.